The molecule has 0 saturated carbocycles. The van der Waals surface area contributed by atoms with Gasteiger partial charge in [0.1, 0.15) is 24.6 Å². The molecule has 0 spiro atoms. The van der Waals surface area contributed by atoms with Crippen molar-refractivity contribution in [1.29, 1.82) is 0 Å². The van der Waals surface area contributed by atoms with E-state index < -0.39 is 18.6 Å². The molecule has 4 nitrogen and oxygen atoms in total. The van der Waals surface area contributed by atoms with Crippen molar-refractivity contribution in [3.63, 3.8) is 0 Å². The highest BCUT2D eigenvalue weighted by molar-refractivity contribution is 6.35. The Kier molecular flexibility index (Phi) is 7.47. The molecule has 2 atom stereocenters. The number of aliphatic hydroxyl groups excluding tert-OH is 2. The quantitative estimate of drug-likeness (QED) is 0.682. The van der Waals surface area contributed by atoms with Crippen molar-refractivity contribution in [1.82, 2.24) is 5.32 Å². The fourth-order valence-corrected chi connectivity index (χ4v) is 1.79. The summed E-state index contributed by atoms with van der Waals surface area (Å²) in [5.74, 6) is 0.364. The lowest BCUT2D eigenvalue weighted by Gasteiger charge is -2.15. The van der Waals surface area contributed by atoms with Crippen LogP contribution in [-0.4, -0.2) is 48.5 Å². The zero-order valence-electron chi connectivity index (χ0n) is 10.4. The second-order valence-electron chi connectivity index (χ2n) is 4.10. The lowest BCUT2D eigenvalue weighted by atomic mass is 10.3. The molecule has 0 aliphatic rings. The van der Waals surface area contributed by atoms with Crippen LogP contribution in [0.1, 0.15) is 0 Å². The third-order valence-corrected chi connectivity index (χ3v) is 2.88. The SMILES string of the molecule is OC(CNCC(O)C(F)F)COc1ccc(Cl)cc1Cl. The molecule has 1 aromatic carbocycles. The third-order valence-electron chi connectivity index (χ3n) is 2.35. The van der Waals surface area contributed by atoms with Gasteiger partial charge in [0, 0.05) is 18.1 Å². The first-order valence-electron chi connectivity index (χ1n) is 5.83. The Morgan fingerprint density at radius 3 is 2.50 bits per heavy atom. The van der Waals surface area contributed by atoms with Crippen molar-refractivity contribution in [2.75, 3.05) is 19.7 Å². The number of hydrogen-bond acceptors (Lipinski definition) is 4. The number of rotatable bonds is 8. The predicted octanol–water partition coefficient (Wildman–Crippen LogP) is 1.95. The fourth-order valence-electron chi connectivity index (χ4n) is 1.32. The van der Waals surface area contributed by atoms with Gasteiger partial charge in [-0.1, -0.05) is 23.2 Å². The highest BCUT2D eigenvalue weighted by Gasteiger charge is 2.16. The topological polar surface area (TPSA) is 61.7 Å². The Bertz CT molecular complexity index is 424. The van der Waals surface area contributed by atoms with Crippen molar-refractivity contribution in [2.24, 2.45) is 0 Å². The first-order chi connectivity index (χ1) is 9.40. The number of aliphatic hydroxyl groups is 2. The molecule has 0 radical (unpaired) electrons. The number of benzene rings is 1. The Labute approximate surface area is 125 Å². The van der Waals surface area contributed by atoms with Crippen LogP contribution in [0.4, 0.5) is 8.78 Å². The number of nitrogens with one attached hydrogen (secondary N) is 1. The molecule has 0 amide bonds. The Hall–Kier alpha value is -0.660. The van der Waals surface area contributed by atoms with Gasteiger partial charge in [0.15, 0.2) is 0 Å². The first-order valence-corrected chi connectivity index (χ1v) is 6.58. The largest absolute Gasteiger partial charge is 0.489 e. The number of hydrogen-bond donors (Lipinski definition) is 3. The van der Waals surface area contributed by atoms with Crippen LogP contribution in [0.3, 0.4) is 0 Å². The van der Waals surface area contributed by atoms with E-state index in [4.69, 9.17) is 33.0 Å². The second-order valence-corrected chi connectivity index (χ2v) is 4.94. The molecule has 0 aliphatic carbocycles. The smallest absolute Gasteiger partial charge is 0.265 e. The maximum absolute atomic E-state index is 12.0. The summed E-state index contributed by atoms with van der Waals surface area (Å²) in [6.07, 6.45) is -5.50. The van der Waals surface area contributed by atoms with E-state index in [9.17, 15) is 13.9 Å². The van der Waals surface area contributed by atoms with Crippen molar-refractivity contribution < 1.29 is 23.7 Å². The molecule has 3 N–H and O–H groups in total. The summed E-state index contributed by atoms with van der Waals surface area (Å²) in [6.45, 7) is -0.370. The normalized spacial score (nSPS) is 14.3. The summed E-state index contributed by atoms with van der Waals surface area (Å²) in [6, 6.07) is 4.65. The van der Waals surface area contributed by atoms with E-state index in [1.165, 1.54) is 6.07 Å². The Morgan fingerprint density at radius 2 is 1.90 bits per heavy atom. The van der Waals surface area contributed by atoms with Crippen LogP contribution >= 0.6 is 23.2 Å². The van der Waals surface area contributed by atoms with E-state index in [2.05, 4.69) is 5.32 Å². The monoisotopic (exact) mass is 329 g/mol. The fraction of sp³-hybridized carbons (Fsp3) is 0.500. The molecule has 1 rings (SSSR count). The van der Waals surface area contributed by atoms with Gasteiger partial charge in [-0.3, -0.25) is 0 Å². The van der Waals surface area contributed by atoms with Crippen LogP contribution in [0.5, 0.6) is 5.75 Å². The van der Waals surface area contributed by atoms with Gasteiger partial charge < -0.3 is 20.3 Å². The van der Waals surface area contributed by atoms with Crippen LogP contribution in [0.2, 0.25) is 10.0 Å². The summed E-state index contributed by atoms with van der Waals surface area (Å²) in [5, 5.41) is 21.7. The standard InChI is InChI=1S/C12H15Cl2F2NO3/c13-7-1-2-11(9(14)3-7)20-6-8(18)4-17-5-10(19)12(15)16/h1-3,8,10,12,17-19H,4-6H2. The zero-order valence-corrected chi connectivity index (χ0v) is 11.9. The molecule has 1 aromatic rings. The zero-order chi connectivity index (χ0) is 15.1. The van der Waals surface area contributed by atoms with E-state index in [0.29, 0.717) is 15.8 Å². The molecular formula is C12H15Cl2F2NO3. The third kappa shape index (κ3) is 6.19. The predicted molar refractivity (Wildman–Crippen MR) is 72.8 cm³/mol. The average Bonchev–Trinajstić information content (AvgIpc) is 2.37. The molecule has 0 fully saturated rings. The summed E-state index contributed by atoms with van der Waals surface area (Å²) in [5.41, 5.74) is 0. The summed E-state index contributed by atoms with van der Waals surface area (Å²) in [4.78, 5) is 0. The van der Waals surface area contributed by atoms with Crippen LogP contribution in [-0.2, 0) is 0 Å². The van der Waals surface area contributed by atoms with Gasteiger partial charge in [-0.2, -0.15) is 0 Å². The van der Waals surface area contributed by atoms with Gasteiger partial charge in [0.2, 0.25) is 0 Å². The lowest BCUT2D eigenvalue weighted by molar-refractivity contribution is -0.00529. The number of ether oxygens (including phenoxy) is 1. The van der Waals surface area contributed by atoms with Crippen molar-refractivity contribution in [3.05, 3.63) is 28.2 Å². The van der Waals surface area contributed by atoms with Gasteiger partial charge >= 0.3 is 0 Å². The summed E-state index contributed by atoms with van der Waals surface area (Å²) < 4.78 is 29.3. The molecule has 8 heteroatoms. The van der Waals surface area contributed by atoms with Gasteiger partial charge in [-0.15, -0.1) is 0 Å². The van der Waals surface area contributed by atoms with Gasteiger partial charge in [0.25, 0.3) is 6.43 Å². The Balaban J connectivity index is 2.27. The summed E-state index contributed by atoms with van der Waals surface area (Å²) in [7, 11) is 0. The molecular weight excluding hydrogens is 315 g/mol. The van der Waals surface area contributed by atoms with Crippen molar-refractivity contribution in [2.45, 2.75) is 18.6 Å². The van der Waals surface area contributed by atoms with E-state index in [1.807, 2.05) is 0 Å². The number of halogens is 4. The summed E-state index contributed by atoms with van der Waals surface area (Å²) >= 11 is 11.6. The van der Waals surface area contributed by atoms with Crippen LogP contribution in [0.25, 0.3) is 0 Å². The van der Waals surface area contributed by atoms with Gasteiger partial charge in [0.05, 0.1) is 5.02 Å². The molecule has 2 unspecified atom stereocenters. The van der Waals surface area contributed by atoms with Crippen molar-refractivity contribution in [3.8, 4) is 5.75 Å². The minimum Gasteiger partial charge on any atom is -0.489 e. The maximum atomic E-state index is 12.0. The average molecular weight is 330 g/mol. The molecule has 0 bridgehead atoms. The minimum atomic E-state index is -2.82. The first kappa shape index (κ1) is 17.4. The molecule has 20 heavy (non-hydrogen) atoms. The molecule has 0 heterocycles. The lowest BCUT2D eigenvalue weighted by Crippen LogP contribution is -2.38. The van der Waals surface area contributed by atoms with E-state index in [1.54, 1.807) is 12.1 Å². The molecule has 0 saturated heterocycles. The van der Waals surface area contributed by atoms with E-state index >= 15 is 0 Å². The van der Waals surface area contributed by atoms with Crippen molar-refractivity contribution >= 4 is 23.2 Å². The maximum Gasteiger partial charge on any atom is 0.265 e. The van der Waals surface area contributed by atoms with Gasteiger partial charge in [-0.05, 0) is 18.2 Å². The second kappa shape index (κ2) is 8.59. The van der Waals surface area contributed by atoms with Gasteiger partial charge in [-0.25, -0.2) is 8.78 Å². The Morgan fingerprint density at radius 1 is 1.20 bits per heavy atom. The highest BCUT2D eigenvalue weighted by Crippen LogP contribution is 2.27. The van der Waals surface area contributed by atoms with Crippen LogP contribution in [0, 0.1) is 0 Å². The molecule has 114 valence electrons. The molecule has 0 aliphatic heterocycles. The minimum absolute atomic E-state index is 0.00892. The molecule has 0 aromatic heterocycles. The van der Waals surface area contributed by atoms with E-state index in [0.717, 1.165) is 0 Å². The highest BCUT2D eigenvalue weighted by atomic mass is 35.5. The number of alkyl halides is 2. The van der Waals surface area contributed by atoms with Crippen LogP contribution in [0.15, 0.2) is 18.2 Å². The van der Waals surface area contributed by atoms with Crippen LogP contribution < -0.4 is 10.1 Å². The van der Waals surface area contributed by atoms with E-state index in [-0.39, 0.29) is 19.7 Å².